The average molecular weight is 227 g/mol. The summed E-state index contributed by atoms with van der Waals surface area (Å²) in [6.07, 6.45) is 1.67. The fourth-order valence-electron chi connectivity index (χ4n) is 1.55. The first-order chi connectivity index (χ1) is 8.20. The Morgan fingerprint density at radius 3 is 2.88 bits per heavy atom. The fraction of sp³-hybridized carbons (Fsp3) is 0.250. The Hall–Kier alpha value is -2.35. The number of nitrogens with one attached hydrogen (secondary N) is 1. The number of hydrogen-bond acceptors (Lipinski definition) is 4. The molecule has 0 saturated carbocycles. The standard InChI is InChI=1S/C12H13N5/c1-9-5-11(4-3-10(9)6-13)14-7-12-16-15-8-17(12)2/h3-5,8,14H,7H2,1-2H3. The Morgan fingerprint density at radius 2 is 2.29 bits per heavy atom. The number of benzene rings is 1. The molecule has 1 aromatic heterocycles. The molecule has 0 radical (unpaired) electrons. The molecule has 0 saturated heterocycles. The van der Waals surface area contributed by atoms with Crippen molar-refractivity contribution in [2.24, 2.45) is 7.05 Å². The van der Waals surface area contributed by atoms with Gasteiger partial charge in [-0.25, -0.2) is 0 Å². The lowest BCUT2D eigenvalue weighted by molar-refractivity contribution is 0.812. The van der Waals surface area contributed by atoms with Crippen LogP contribution in [0, 0.1) is 18.3 Å². The molecular weight excluding hydrogens is 214 g/mol. The Morgan fingerprint density at radius 1 is 1.47 bits per heavy atom. The van der Waals surface area contributed by atoms with Crippen molar-refractivity contribution >= 4 is 5.69 Å². The smallest absolute Gasteiger partial charge is 0.151 e. The number of nitrogens with zero attached hydrogens (tertiary/aromatic N) is 4. The van der Waals surface area contributed by atoms with Crippen LogP contribution in [0.15, 0.2) is 24.5 Å². The van der Waals surface area contributed by atoms with Gasteiger partial charge in [-0.15, -0.1) is 10.2 Å². The Kier molecular flexibility index (Phi) is 3.06. The van der Waals surface area contributed by atoms with E-state index in [1.807, 2.05) is 36.7 Å². The molecule has 17 heavy (non-hydrogen) atoms. The lowest BCUT2D eigenvalue weighted by atomic mass is 10.1. The van der Waals surface area contributed by atoms with Gasteiger partial charge in [-0.3, -0.25) is 0 Å². The van der Waals surface area contributed by atoms with E-state index in [9.17, 15) is 0 Å². The van der Waals surface area contributed by atoms with E-state index < -0.39 is 0 Å². The van der Waals surface area contributed by atoms with Crippen molar-refractivity contribution in [2.75, 3.05) is 5.32 Å². The molecular formula is C12H13N5. The average Bonchev–Trinajstić information content (AvgIpc) is 2.72. The number of anilines is 1. The van der Waals surface area contributed by atoms with E-state index in [2.05, 4.69) is 21.6 Å². The first kappa shape index (κ1) is 11.1. The van der Waals surface area contributed by atoms with Crippen molar-refractivity contribution in [1.82, 2.24) is 14.8 Å². The van der Waals surface area contributed by atoms with Crippen molar-refractivity contribution in [3.63, 3.8) is 0 Å². The zero-order valence-corrected chi connectivity index (χ0v) is 9.81. The Labute approximate surface area is 99.7 Å². The molecule has 2 aromatic rings. The molecule has 0 fully saturated rings. The van der Waals surface area contributed by atoms with Crippen LogP contribution < -0.4 is 5.32 Å². The first-order valence-corrected chi connectivity index (χ1v) is 5.28. The molecule has 0 spiro atoms. The van der Waals surface area contributed by atoms with E-state index in [4.69, 9.17) is 5.26 Å². The molecule has 0 amide bonds. The van der Waals surface area contributed by atoms with Crippen molar-refractivity contribution in [3.05, 3.63) is 41.5 Å². The fourth-order valence-corrected chi connectivity index (χ4v) is 1.55. The second-order valence-electron chi connectivity index (χ2n) is 3.85. The molecule has 86 valence electrons. The van der Waals surface area contributed by atoms with Gasteiger partial charge >= 0.3 is 0 Å². The highest BCUT2D eigenvalue weighted by Gasteiger charge is 2.02. The summed E-state index contributed by atoms with van der Waals surface area (Å²) < 4.78 is 1.86. The third kappa shape index (κ3) is 2.42. The third-order valence-corrected chi connectivity index (χ3v) is 2.60. The van der Waals surface area contributed by atoms with Crippen LogP contribution in [0.25, 0.3) is 0 Å². The first-order valence-electron chi connectivity index (χ1n) is 5.28. The number of aromatic nitrogens is 3. The zero-order valence-electron chi connectivity index (χ0n) is 9.81. The molecule has 0 aliphatic heterocycles. The molecule has 5 heteroatoms. The van der Waals surface area contributed by atoms with Gasteiger partial charge in [0, 0.05) is 12.7 Å². The number of hydrogen-bond donors (Lipinski definition) is 1. The third-order valence-electron chi connectivity index (χ3n) is 2.60. The van der Waals surface area contributed by atoms with Crippen molar-refractivity contribution in [2.45, 2.75) is 13.5 Å². The molecule has 0 atom stereocenters. The number of rotatable bonds is 3. The topological polar surface area (TPSA) is 66.5 Å². The molecule has 1 N–H and O–H groups in total. The molecule has 0 bridgehead atoms. The van der Waals surface area contributed by atoms with Crippen LogP contribution in [-0.2, 0) is 13.6 Å². The molecule has 1 aromatic carbocycles. The van der Waals surface area contributed by atoms with Gasteiger partial charge in [-0.05, 0) is 30.7 Å². The van der Waals surface area contributed by atoms with Gasteiger partial charge in [0.25, 0.3) is 0 Å². The predicted octanol–water partition coefficient (Wildman–Crippen LogP) is 1.61. The largest absolute Gasteiger partial charge is 0.378 e. The van der Waals surface area contributed by atoms with E-state index in [0.717, 1.165) is 17.1 Å². The minimum atomic E-state index is 0.613. The predicted molar refractivity (Wildman–Crippen MR) is 64.2 cm³/mol. The summed E-state index contributed by atoms with van der Waals surface area (Å²) in [5.74, 6) is 0.868. The van der Waals surface area contributed by atoms with Gasteiger partial charge in [0.1, 0.15) is 6.33 Å². The van der Waals surface area contributed by atoms with E-state index >= 15 is 0 Å². The van der Waals surface area contributed by atoms with Crippen molar-refractivity contribution < 1.29 is 0 Å². The van der Waals surface area contributed by atoms with Gasteiger partial charge < -0.3 is 9.88 Å². The van der Waals surface area contributed by atoms with Gasteiger partial charge in [-0.1, -0.05) is 0 Å². The van der Waals surface area contributed by atoms with E-state index in [0.29, 0.717) is 12.1 Å². The summed E-state index contributed by atoms with van der Waals surface area (Å²) in [7, 11) is 1.90. The van der Waals surface area contributed by atoms with Crippen LogP contribution in [0.3, 0.4) is 0 Å². The van der Waals surface area contributed by atoms with Gasteiger partial charge in [0.2, 0.25) is 0 Å². The highest BCUT2D eigenvalue weighted by Crippen LogP contribution is 2.14. The molecule has 0 aliphatic rings. The summed E-state index contributed by atoms with van der Waals surface area (Å²) in [6.45, 7) is 2.54. The van der Waals surface area contributed by atoms with E-state index in [1.165, 1.54) is 0 Å². The van der Waals surface area contributed by atoms with Gasteiger partial charge in [-0.2, -0.15) is 5.26 Å². The summed E-state index contributed by atoms with van der Waals surface area (Å²) in [5, 5.41) is 19.9. The van der Waals surface area contributed by atoms with Gasteiger partial charge in [0.15, 0.2) is 5.82 Å². The minimum Gasteiger partial charge on any atom is -0.378 e. The van der Waals surface area contributed by atoms with Crippen LogP contribution in [0.5, 0.6) is 0 Å². The van der Waals surface area contributed by atoms with Crippen LogP contribution in [0.4, 0.5) is 5.69 Å². The molecule has 0 unspecified atom stereocenters. The minimum absolute atomic E-state index is 0.613. The van der Waals surface area contributed by atoms with Crippen LogP contribution in [0.1, 0.15) is 17.0 Å². The summed E-state index contributed by atoms with van der Waals surface area (Å²) in [4.78, 5) is 0. The molecule has 2 rings (SSSR count). The van der Waals surface area contributed by atoms with Crippen molar-refractivity contribution in [1.29, 1.82) is 5.26 Å². The summed E-state index contributed by atoms with van der Waals surface area (Å²) in [5.41, 5.74) is 2.65. The molecule has 0 aliphatic carbocycles. The van der Waals surface area contributed by atoms with Crippen LogP contribution in [0.2, 0.25) is 0 Å². The van der Waals surface area contributed by atoms with Crippen molar-refractivity contribution in [3.8, 4) is 6.07 Å². The molecule has 5 nitrogen and oxygen atoms in total. The molecule has 1 heterocycles. The quantitative estimate of drug-likeness (QED) is 0.865. The SMILES string of the molecule is Cc1cc(NCc2nncn2C)ccc1C#N. The normalized spacial score (nSPS) is 9.94. The highest BCUT2D eigenvalue weighted by molar-refractivity contribution is 5.51. The van der Waals surface area contributed by atoms with Crippen LogP contribution in [-0.4, -0.2) is 14.8 Å². The lowest BCUT2D eigenvalue weighted by Gasteiger charge is -2.07. The lowest BCUT2D eigenvalue weighted by Crippen LogP contribution is -2.05. The van der Waals surface area contributed by atoms with E-state index in [1.54, 1.807) is 6.33 Å². The maximum atomic E-state index is 8.83. The number of aryl methyl sites for hydroxylation is 2. The van der Waals surface area contributed by atoms with Crippen LogP contribution >= 0.6 is 0 Å². The second kappa shape index (κ2) is 4.66. The Balaban J connectivity index is 2.08. The summed E-state index contributed by atoms with van der Waals surface area (Å²) in [6, 6.07) is 7.80. The number of nitriles is 1. The Bertz CT molecular complexity index is 565. The second-order valence-corrected chi connectivity index (χ2v) is 3.85. The summed E-state index contributed by atoms with van der Waals surface area (Å²) >= 11 is 0. The highest BCUT2D eigenvalue weighted by atomic mass is 15.3. The zero-order chi connectivity index (χ0) is 12.3. The maximum Gasteiger partial charge on any atom is 0.151 e. The maximum absolute atomic E-state index is 8.83. The van der Waals surface area contributed by atoms with Gasteiger partial charge in [0.05, 0.1) is 18.2 Å². The van der Waals surface area contributed by atoms with E-state index in [-0.39, 0.29) is 0 Å². The monoisotopic (exact) mass is 227 g/mol.